The fraction of sp³-hybridized carbons (Fsp3) is 0. The highest BCUT2D eigenvalue weighted by Gasteiger charge is 2.06. The van der Waals surface area contributed by atoms with Crippen LogP contribution >= 0.6 is 0 Å². The molecule has 0 bridgehead atoms. The SMILES string of the molecule is O=Cc1cc(=O)[nH]nc1-c1ccccc1. The number of nitrogens with zero attached hydrogens (tertiary/aromatic N) is 1. The minimum atomic E-state index is -0.378. The number of rotatable bonds is 2. The Labute approximate surface area is 85.6 Å². The van der Waals surface area contributed by atoms with Crippen molar-refractivity contribution in [1.82, 2.24) is 10.2 Å². The zero-order valence-corrected chi connectivity index (χ0v) is 7.81. The van der Waals surface area contributed by atoms with Gasteiger partial charge < -0.3 is 0 Å². The Morgan fingerprint density at radius 1 is 1.20 bits per heavy atom. The van der Waals surface area contributed by atoms with Crippen molar-refractivity contribution in [3.63, 3.8) is 0 Å². The summed E-state index contributed by atoms with van der Waals surface area (Å²) < 4.78 is 0. The molecule has 0 atom stereocenters. The summed E-state index contributed by atoms with van der Waals surface area (Å²) >= 11 is 0. The molecule has 1 aromatic carbocycles. The smallest absolute Gasteiger partial charge is 0.264 e. The van der Waals surface area contributed by atoms with Crippen molar-refractivity contribution in [2.45, 2.75) is 0 Å². The Kier molecular flexibility index (Phi) is 2.41. The lowest BCUT2D eigenvalue weighted by Gasteiger charge is -2.01. The molecule has 4 nitrogen and oxygen atoms in total. The van der Waals surface area contributed by atoms with Gasteiger partial charge in [0, 0.05) is 17.2 Å². The Hall–Kier alpha value is -2.23. The molecule has 0 saturated heterocycles. The zero-order chi connectivity index (χ0) is 10.7. The molecule has 4 heteroatoms. The second kappa shape index (κ2) is 3.88. The van der Waals surface area contributed by atoms with E-state index in [1.54, 1.807) is 0 Å². The van der Waals surface area contributed by atoms with Gasteiger partial charge in [0.2, 0.25) is 0 Å². The van der Waals surface area contributed by atoms with Gasteiger partial charge in [-0.3, -0.25) is 9.59 Å². The van der Waals surface area contributed by atoms with Crippen molar-refractivity contribution in [3.05, 3.63) is 52.3 Å². The predicted octanol–water partition coefficient (Wildman–Crippen LogP) is 1.25. The van der Waals surface area contributed by atoms with Gasteiger partial charge in [-0.1, -0.05) is 30.3 Å². The molecule has 0 fully saturated rings. The summed E-state index contributed by atoms with van der Waals surface area (Å²) in [5, 5.41) is 6.16. The third-order valence-electron chi connectivity index (χ3n) is 2.01. The van der Waals surface area contributed by atoms with Gasteiger partial charge in [-0.05, 0) is 0 Å². The largest absolute Gasteiger partial charge is 0.298 e. The predicted molar refractivity (Wildman–Crippen MR) is 55.7 cm³/mol. The number of carbonyl (C=O) groups is 1. The maximum absolute atomic E-state index is 11.0. The molecule has 0 spiro atoms. The Balaban J connectivity index is 2.63. The van der Waals surface area contributed by atoms with E-state index in [9.17, 15) is 9.59 Å². The van der Waals surface area contributed by atoms with Gasteiger partial charge in [-0.2, -0.15) is 5.10 Å². The van der Waals surface area contributed by atoms with E-state index < -0.39 is 0 Å². The van der Waals surface area contributed by atoms with Crippen LogP contribution in [-0.4, -0.2) is 16.5 Å². The molecule has 15 heavy (non-hydrogen) atoms. The van der Waals surface area contributed by atoms with Crippen LogP contribution < -0.4 is 5.56 Å². The van der Waals surface area contributed by atoms with Crippen LogP contribution in [0, 0.1) is 0 Å². The molecule has 2 rings (SSSR count). The highest BCUT2D eigenvalue weighted by molar-refractivity contribution is 5.85. The summed E-state index contributed by atoms with van der Waals surface area (Å²) in [5.41, 5.74) is 1.21. The van der Waals surface area contributed by atoms with Crippen LogP contribution in [-0.2, 0) is 0 Å². The number of nitrogens with one attached hydrogen (secondary N) is 1. The second-order valence-electron chi connectivity index (χ2n) is 3.02. The first-order chi connectivity index (χ1) is 7.31. The Morgan fingerprint density at radius 3 is 2.60 bits per heavy atom. The standard InChI is InChI=1S/C11H8N2O2/c14-7-9-6-10(15)12-13-11(9)8-4-2-1-3-5-8/h1-7H,(H,12,15). The average Bonchev–Trinajstić information content (AvgIpc) is 2.30. The number of aromatic amines is 1. The number of benzene rings is 1. The van der Waals surface area contributed by atoms with Crippen LogP contribution in [0.2, 0.25) is 0 Å². The van der Waals surface area contributed by atoms with E-state index in [0.717, 1.165) is 5.56 Å². The first kappa shape index (κ1) is 9.33. The lowest BCUT2D eigenvalue weighted by atomic mass is 10.1. The van der Waals surface area contributed by atoms with Gasteiger partial charge in [0.25, 0.3) is 5.56 Å². The molecule has 1 N–H and O–H groups in total. The Bertz CT molecular complexity index is 532. The summed E-state index contributed by atoms with van der Waals surface area (Å²) in [7, 11) is 0. The number of hydrogen-bond acceptors (Lipinski definition) is 3. The van der Waals surface area contributed by atoms with Gasteiger partial charge in [0.1, 0.15) is 5.69 Å². The first-order valence-corrected chi connectivity index (χ1v) is 4.41. The van der Waals surface area contributed by atoms with E-state index in [2.05, 4.69) is 10.2 Å². The van der Waals surface area contributed by atoms with Crippen molar-refractivity contribution in [2.24, 2.45) is 0 Å². The molecule has 0 aliphatic carbocycles. The monoisotopic (exact) mass is 200 g/mol. The van der Waals surface area contributed by atoms with Crippen LogP contribution in [0.5, 0.6) is 0 Å². The normalized spacial score (nSPS) is 9.87. The van der Waals surface area contributed by atoms with Crippen molar-refractivity contribution < 1.29 is 4.79 Å². The summed E-state index contributed by atoms with van der Waals surface area (Å²) in [4.78, 5) is 21.7. The third-order valence-corrected chi connectivity index (χ3v) is 2.01. The molecule has 0 aliphatic rings. The summed E-state index contributed by atoms with van der Waals surface area (Å²) in [5.74, 6) is 0. The van der Waals surface area contributed by atoms with Crippen molar-refractivity contribution in [3.8, 4) is 11.3 Å². The number of aromatic nitrogens is 2. The van der Waals surface area contributed by atoms with Crippen LogP contribution in [0.1, 0.15) is 10.4 Å². The minimum absolute atomic E-state index is 0.296. The molecule has 2 aromatic rings. The van der Waals surface area contributed by atoms with E-state index in [-0.39, 0.29) is 5.56 Å². The molecule has 0 saturated carbocycles. The minimum Gasteiger partial charge on any atom is -0.298 e. The quantitative estimate of drug-likeness (QED) is 0.742. The van der Waals surface area contributed by atoms with E-state index >= 15 is 0 Å². The summed E-state index contributed by atoms with van der Waals surface area (Å²) in [6.45, 7) is 0. The fourth-order valence-electron chi connectivity index (χ4n) is 1.33. The number of H-pyrrole nitrogens is 1. The van der Waals surface area contributed by atoms with Gasteiger partial charge in [0.15, 0.2) is 6.29 Å². The highest BCUT2D eigenvalue weighted by Crippen LogP contribution is 2.17. The fourth-order valence-corrected chi connectivity index (χ4v) is 1.33. The molecule has 0 amide bonds. The van der Waals surface area contributed by atoms with Gasteiger partial charge in [-0.15, -0.1) is 0 Å². The van der Waals surface area contributed by atoms with Gasteiger partial charge in [-0.25, -0.2) is 5.10 Å². The highest BCUT2D eigenvalue weighted by atomic mass is 16.1. The lowest BCUT2D eigenvalue weighted by molar-refractivity contribution is 0.112. The molecule has 0 aliphatic heterocycles. The molecular formula is C11H8N2O2. The molecular weight excluding hydrogens is 192 g/mol. The molecule has 0 unspecified atom stereocenters. The summed E-state index contributed by atoms with van der Waals surface area (Å²) in [6, 6.07) is 10.5. The first-order valence-electron chi connectivity index (χ1n) is 4.41. The van der Waals surface area contributed by atoms with E-state index in [0.29, 0.717) is 17.5 Å². The van der Waals surface area contributed by atoms with E-state index in [4.69, 9.17) is 0 Å². The zero-order valence-electron chi connectivity index (χ0n) is 7.81. The maximum Gasteiger partial charge on any atom is 0.264 e. The van der Waals surface area contributed by atoms with Gasteiger partial charge >= 0.3 is 0 Å². The second-order valence-corrected chi connectivity index (χ2v) is 3.02. The van der Waals surface area contributed by atoms with Crippen LogP contribution in [0.4, 0.5) is 0 Å². The summed E-state index contributed by atoms with van der Waals surface area (Å²) in [6.07, 6.45) is 0.630. The maximum atomic E-state index is 11.0. The van der Waals surface area contributed by atoms with Crippen molar-refractivity contribution >= 4 is 6.29 Å². The Morgan fingerprint density at radius 2 is 1.93 bits per heavy atom. The van der Waals surface area contributed by atoms with Crippen LogP contribution in [0.25, 0.3) is 11.3 Å². The number of hydrogen-bond donors (Lipinski definition) is 1. The molecule has 74 valence electrons. The third kappa shape index (κ3) is 1.83. The van der Waals surface area contributed by atoms with Crippen LogP contribution in [0.15, 0.2) is 41.2 Å². The molecule has 1 heterocycles. The van der Waals surface area contributed by atoms with Crippen molar-refractivity contribution in [2.75, 3.05) is 0 Å². The molecule has 0 radical (unpaired) electrons. The number of aldehydes is 1. The molecule has 1 aromatic heterocycles. The topological polar surface area (TPSA) is 62.8 Å². The average molecular weight is 200 g/mol. The number of carbonyl (C=O) groups excluding carboxylic acids is 1. The van der Waals surface area contributed by atoms with E-state index in [1.807, 2.05) is 30.3 Å². The van der Waals surface area contributed by atoms with Crippen LogP contribution in [0.3, 0.4) is 0 Å². The van der Waals surface area contributed by atoms with Crippen molar-refractivity contribution in [1.29, 1.82) is 0 Å². The lowest BCUT2D eigenvalue weighted by Crippen LogP contribution is -2.09. The van der Waals surface area contributed by atoms with Gasteiger partial charge in [0.05, 0.1) is 0 Å². The van der Waals surface area contributed by atoms with E-state index in [1.165, 1.54) is 6.07 Å².